The molecule has 0 bridgehead atoms. The smallest absolute Gasteiger partial charge is 0.221 e. The summed E-state index contributed by atoms with van der Waals surface area (Å²) >= 11 is 1.91. The Morgan fingerprint density at radius 3 is 3.12 bits per heavy atom. The molecule has 0 aromatic carbocycles. The number of nitrogens with one attached hydrogen (secondary N) is 2. The molecule has 0 aliphatic carbocycles. The lowest BCUT2D eigenvalue weighted by Crippen LogP contribution is -2.43. The average Bonchev–Trinajstić information content (AvgIpc) is 2.27. The summed E-state index contributed by atoms with van der Waals surface area (Å²) in [5, 5.41) is 6.30. The van der Waals surface area contributed by atoms with Crippen molar-refractivity contribution in [3.8, 4) is 0 Å². The number of thioether (sulfide) groups is 1. The van der Waals surface area contributed by atoms with Crippen LogP contribution >= 0.6 is 11.8 Å². The number of carbonyl (C=O) groups excluding carboxylic acids is 1. The molecule has 1 fully saturated rings. The SMILES string of the molecule is CCOCC(C)NC(=O)CC1CSCCN1. The Bertz CT molecular complexity index is 208. The van der Waals surface area contributed by atoms with Crippen LogP contribution in [0.1, 0.15) is 20.3 Å². The Labute approximate surface area is 102 Å². The zero-order valence-electron chi connectivity index (χ0n) is 10.1. The minimum atomic E-state index is 0.101. The van der Waals surface area contributed by atoms with Crippen LogP contribution in [-0.2, 0) is 9.53 Å². The van der Waals surface area contributed by atoms with Gasteiger partial charge in [-0.05, 0) is 13.8 Å². The molecule has 1 rings (SSSR count). The van der Waals surface area contributed by atoms with E-state index in [1.807, 2.05) is 25.6 Å². The highest BCUT2D eigenvalue weighted by Crippen LogP contribution is 2.09. The molecule has 16 heavy (non-hydrogen) atoms. The third-order valence-electron chi connectivity index (χ3n) is 2.41. The zero-order valence-corrected chi connectivity index (χ0v) is 10.9. The van der Waals surface area contributed by atoms with E-state index in [0.717, 1.165) is 18.1 Å². The molecule has 0 radical (unpaired) electrons. The maximum absolute atomic E-state index is 11.7. The van der Waals surface area contributed by atoms with Gasteiger partial charge in [0.25, 0.3) is 0 Å². The van der Waals surface area contributed by atoms with Crippen LogP contribution in [0.4, 0.5) is 0 Å². The van der Waals surface area contributed by atoms with Gasteiger partial charge in [-0.25, -0.2) is 0 Å². The molecule has 4 nitrogen and oxygen atoms in total. The fourth-order valence-corrected chi connectivity index (χ4v) is 2.59. The lowest BCUT2D eigenvalue weighted by molar-refractivity contribution is -0.122. The highest BCUT2D eigenvalue weighted by atomic mass is 32.2. The van der Waals surface area contributed by atoms with Gasteiger partial charge in [0.05, 0.1) is 6.61 Å². The van der Waals surface area contributed by atoms with Crippen molar-refractivity contribution in [3.63, 3.8) is 0 Å². The Morgan fingerprint density at radius 1 is 1.69 bits per heavy atom. The van der Waals surface area contributed by atoms with E-state index in [1.165, 1.54) is 0 Å². The van der Waals surface area contributed by atoms with Gasteiger partial charge >= 0.3 is 0 Å². The van der Waals surface area contributed by atoms with Crippen molar-refractivity contribution < 1.29 is 9.53 Å². The molecule has 2 atom stereocenters. The molecule has 0 spiro atoms. The van der Waals surface area contributed by atoms with E-state index in [9.17, 15) is 4.79 Å². The summed E-state index contributed by atoms with van der Waals surface area (Å²) < 4.78 is 5.25. The van der Waals surface area contributed by atoms with Crippen molar-refractivity contribution in [3.05, 3.63) is 0 Å². The Morgan fingerprint density at radius 2 is 2.50 bits per heavy atom. The van der Waals surface area contributed by atoms with Crippen LogP contribution in [0.5, 0.6) is 0 Å². The van der Waals surface area contributed by atoms with Crippen molar-refractivity contribution in [1.82, 2.24) is 10.6 Å². The summed E-state index contributed by atoms with van der Waals surface area (Å²) in [6.07, 6.45) is 0.573. The van der Waals surface area contributed by atoms with E-state index in [4.69, 9.17) is 4.74 Å². The van der Waals surface area contributed by atoms with E-state index in [0.29, 0.717) is 25.7 Å². The standard InChI is InChI=1S/C11H22N2O2S/c1-3-15-7-9(2)13-11(14)6-10-8-16-5-4-12-10/h9-10,12H,3-8H2,1-2H3,(H,13,14). The van der Waals surface area contributed by atoms with E-state index >= 15 is 0 Å². The van der Waals surface area contributed by atoms with Gasteiger partial charge in [0.1, 0.15) is 0 Å². The molecule has 1 aliphatic rings. The lowest BCUT2D eigenvalue weighted by atomic mass is 10.2. The molecule has 1 saturated heterocycles. The van der Waals surface area contributed by atoms with E-state index in [-0.39, 0.29) is 11.9 Å². The van der Waals surface area contributed by atoms with E-state index in [2.05, 4.69) is 10.6 Å². The first kappa shape index (κ1) is 13.8. The second kappa shape index (κ2) is 7.92. The van der Waals surface area contributed by atoms with Gasteiger partial charge in [-0.2, -0.15) is 11.8 Å². The monoisotopic (exact) mass is 246 g/mol. The third-order valence-corrected chi connectivity index (χ3v) is 3.54. The second-order valence-corrected chi connectivity index (χ2v) is 5.21. The van der Waals surface area contributed by atoms with Crippen molar-refractivity contribution in [1.29, 1.82) is 0 Å². The molecule has 94 valence electrons. The summed E-state index contributed by atoms with van der Waals surface area (Å²) in [6, 6.07) is 0.432. The number of amides is 1. The quantitative estimate of drug-likeness (QED) is 0.721. The average molecular weight is 246 g/mol. The number of carbonyl (C=O) groups is 1. The van der Waals surface area contributed by atoms with E-state index in [1.54, 1.807) is 0 Å². The molecule has 2 unspecified atom stereocenters. The van der Waals surface area contributed by atoms with Crippen molar-refractivity contribution in [2.75, 3.05) is 31.3 Å². The van der Waals surface area contributed by atoms with Crippen molar-refractivity contribution >= 4 is 17.7 Å². The van der Waals surface area contributed by atoms with Crippen LogP contribution < -0.4 is 10.6 Å². The molecule has 1 aliphatic heterocycles. The summed E-state index contributed by atoms with van der Waals surface area (Å²) in [5.41, 5.74) is 0. The topological polar surface area (TPSA) is 50.4 Å². The first-order valence-electron chi connectivity index (χ1n) is 5.90. The molecule has 1 amide bonds. The number of ether oxygens (including phenoxy) is 1. The van der Waals surface area contributed by atoms with Gasteiger partial charge in [-0.1, -0.05) is 0 Å². The maximum atomic E-state index is 11.7. The molecular formula is C11H22N2O2S. The minimum absolute atomic E-state index is 0.101. The third kappa shape index (κ3) is 5.72. The molecule has 0 saturated carbocycles. The van der Waals surface area contributed by atoms with Gasteiger partial charge < -0.3 is 15.4 Å². The van der Waals surface area contributed by atoms with Crippen LogP contribution in [0.2, 0.25) is 0 Å². The van der Waals surface area contributed by atoms with E-state index < -0.39 is 0 Å². The van der Waals surface area contributed by atoms with Gasteiger partial charge in [-0.15, -0.1) is 0 Å². The summed E-state index contributed by atoms with van der Waals surface area (Å²) in [7, 11) is 0. The van der Waals surface area contributed by atoms with Crippen molar-refractivity contribution in [2.45, 2.75) is 32.4 Å². The van der Waals surface area contributed by atoms with Gasteiger partial charge in [0.2, 0.25) is 5.91 Å². The lowest BCUT2D eigenvalue weighted by Gasteiger charge is -2.23. The summed E-state index contributed by atoms with van der Waals surface area (Å²) in [6.45, 7) is 6.22. The Hall–Kier alpha value is -0.260. The second-order valence-electron chi connectivity index (χ2n) is 4.06. The van der Waals surface area contributed by atoms with Gasteiger partial charge in [0, 0.05) is 43.2 Å². The zero-order chi connectivity index (χ0) is 11.8. The molecule has 0 aromatic heterocycles. The maximum Gasteiger partial charge on any atom is 0.221 e. The Balaban J connectivity index is 2.13. The fraction of sp³-hybridized carbons (Fsp3) is 0.909. The fourth-order valence-electron chi connectivity index (χ4n) is 1.64. The van der Waals surface area contributed by atoms with Crippen LogP contribution in [0.25, 0.3) is 0 Å². The predicted molar refractivity (Wildman–Crippen MR) is 67.8 cm³/mol. The molecular weight excluding hydrogens is 224 g/mol. The van der Waals surface area contributed by atoms with Crippen LogP contribution in [0, 0.1) is 0 Å². The van der Waals surface area contributed by atoms with Crippen molar-refractivity contribution in [2.24, 2.45) is 0 Å². The largest absolute Gasteiger partial charge is 0.380 e. The van der Waals surface area contributed by atoms with Crippen LogP contribution in [-0.4, -0.2) is 49.3 Å². The van der Waals surface area contributed by atoms with Gasteiger partial charge in [0.15, 0.2) is 0 Å². The predicted octanol–water partition coefficient (Wildman–Crippen LogP) is 0.623. The Kier molecular flexibility index (Phi) is 6.84. The molecule has 0 aromatic rings. The number of hydrogen-bond acceptors (Lipinski definition) is 4. The normalized spacial score (nSPS) is 22.8. The first-order valence-corrected chi connectivity index (χ1v) is 7.06. The highest BCUT2D eigenvalue weighted by molar-refractivity contribution is 7.99. The van der Waals surface area contributed by atoms with Gasteiger partial charge in [-0.3, -0.25) is 4.79 Å². The highest BCUT2D eigenvalue weighted by Gasteiger charge is 2.17. The number of hydrogen-bond donors (Lipinski definition) is 2. The summed E-state index contributed by atoms with van der Waals surface area (Å²) in [4.78, 5) is 11.7. The molecule has 2 N–H and O–H groups in total. The number of rotatable bonds is 6. The molecule has 1 heterocycles. The minimum Gasteiger partial charge on any atom is -0.380 e. The summed E-state index contributed by atoms with van der Waals surface area (Å²) in [5.74, 6) is 2.30. The first-order chi connectivity index (χ1) is 7.72. The van der Waals surface area contributed by atoms with Crippen LogP contribution in [0.15, 0.2) is 0 Å². The molecule has 5 heteroatoms. The van der Waals surface area contributed by atoms with Crippen LogP contribution in [0.3, 0.4) is 0 Å².